The lowest BCUT2D eigenvalue weighted by atomic mass is 10.1. The lowest BCUT2D eigenvalue weighted by Gasteiger charge is -2.36. The van der Waals surface area contributed by atoms with E-state index >= 15 is 0 Å². The minimum atomic E-state index is -1.72. The van der Waals surface area contributed by atoms with E-state index < -0.39 is 8.32 Å². The molecular weight excluding hydrogens is 250 g/mol. The Bertz CT molecular complexity index is 392. The number of nitrogens with one attached hydrogen (secondary N) is 1. The molecule has 108 valence electrons. The molecule has 0 aliphatic rings. The molecule has 1 N–H and O–H groups in total. The van der Waals surface area contributed by atoms with Gasteiger partial charge in [0.15, 0.2) is 0 Å². The van der Waals surface area contributed by atoms with Crippen molar-refractivity contribution >= 4 is 8.32 Å². The average molecular weight is 279 g/mol. The molecule has 0 saturated carbocycles. The van der Waals surface area contributed by atoms with Crippen LogP contribution < -0.4 is 9.74 Å². The van der Waals surface area contributed by atoms with Gasteiger partial charge in [0.1, 0.15) is 5.75 Å². The van der Waals surface area contributed by atoms with E-state index in [1.807, 2.05) is 0 Å². The molecule has 0 unspecified atom stereocenters. The first-order valence-corrected chi connectivity index (χ1v) is 10.1. The van der Waals surface area contributed by atoms with Crippen LogP contribution in [0, 0.1) is 0 Å². The fourth-order valence-electron chi connectivity index (χ4n) is 1.70. The van der Waals surface area contributed by atoms with Crippen LogP contribution in [-0.4, -0.2) is 14.9 Å². The van der Waals surface area contributed by atoms with Gasteiger partial charge >= 0.3 is 0 Å². The Morgan fingerprint density at radius 2 is 1.68 bits per heavy atom. The molecule has 0 spiro atoms. The predicted molar refractivity (Wildman–Crippen MR) is 86.4 cm³/mol. The normalized spacial score (nSPS) is 14.3. The molecule has 1 rings (SSSR count). The van der Waals surface area contributed by atoms with Crippen molar-refractivity contribution in [1.29, 1.82) is 0 Å². The van der Waals surface area contributed by atoms with E-state index in [4.69, 9.17) is 4.43 Å². The van der Waals surface area contributed by atoms with E-state index in [-0.39, 0.29) is 5.04 Å². The third kappa shape index (κ3) is 4.36. The van der Waals surface area contributed by atoms with Crippen molar-refractivity contribution in [2.75, 3.05) is 6.54 Å². The van der Waals surface area contributed by atoms with Gasteiger partial charge < -0.3 is 9.74 Å². The molecule has 1 atom stereocenters. The average Bonchev–Trinajstić information content (AvgIpc) is 2.28. The van der Waals surface area contributed by atoms with Crippen molar-refractivity contribution in [1.82, 2.24) is 5.32 Å². The number of hydrogen-bond donors (Lipinski definition) is 1. The Kier molecular flexibility index (Phi) is 5.22. The summed E-state index contributed by atoms with van der Waals surface area (Å²) < 4.78 is 6.28. The summed E-state index contributed by atoms with van der Waals surface area (Å²) in [5.41, 5.74) is 1.31. The monoisotopic (exact) mass is 279 g/mol. The van der Waals surface area contributed by atoms with Gasteiger partial charge in [-0.05, 0) is 49.3 Å². The topological polar surface area (TPSA) is 21.3 Å². The molecule has 2 nitrogen and oxygen atoms in total. The summed E-state index contributed by atoms with van der Waals surface area (Å²) in [6.07, 6.45) is 0. The number of benzene rings is 1. The van der Waals surface area contributed by atoms with Crippen LogP contribution in [0.2, 0.25) is 18.1 Å². The van der Waals surface area contributed by atoms with Crippen LogP contribution in [0.25, 0.3) is 0 Å². The minimum absolute atomic E-state index is 0.239. The Hall–Kier alpha value is -0.803. The Labute approximate surface area is 119 Å². The summed E-state index contributed by atoms with van der Waals surface area (Å²) in [6, 6.07) is 8.92. The summed E-state index contributed by atoms with van der Waals surface area (Å²) in [6.45, 7) is 16.7. The zero-order chi connectivity index (χ0) is 14.7. The van der Waals surface area contributed by atoms with Crippen molar-refractivity contribution in [3.8, 4) is 5.75 Å². The fraction of sp³-hybridized carbons (Fsp3) is 0.625. The Morgan fingerprint density at radius 3 is 2.11 bits per heavy atom. The highest BCUT2D eigenvalue weighted by Gasteiger charge is 2.38. The standard InChI is InChI=1S/C16H29NOSi/c1-8-17-13(2)14-9-11-15(12-10-14)18-19(6,7)16(3,4)5/h9-13,17H,8H2,1-7H3/t13-/m0/s1. The summed E-state index contributed by atoms with van der Waals surface area (Å²) in [4.78, 5) is 0. The minimum Gasteiger partial charge on any atom is -0.544 e. The molecule has 0 fully saturated rings. The molecule has 0 saturated heterocycles. The van der Waals surface area contributed by atoms with Crippen LogP contribution >= 0.6 is 0 Å². The van der Waals surface area contributed by atoms with Crippen LogP contribution in [0.1, 0.15) is 46.2 Å². The zero-order valence-electron chi connectivity index (χ0n) is 13.5. The van der Waals surface area contributed by atoms with Crippen LogP contribution in [0.15, 0.2) is 24.3 Å². The van der Waals surface area contributed by atoms with Gasteiger partial charge in [-0.25, -0.2) is 0 Å². The van der Waals surface area contributed by atoms with Crippen LogP contribution in [0.4, 0.5) is 0 Å². The van der Waals surface area contributed by atoms with Gasteiger partial charge in [0.05, 0.1) is 0 Å². The third-order valence-electron chi connectivity index (χ3n) is 4.07. The highest BCUT2D eigenvalue weighted by molar-refractivity contribution is 6.74. The van der Waals surface area contributed by atoms with Gasteiger partial charge in [-0.1, -0.05) is 39.8 Å². The van der Waals surface area contributed by atoms with Gasteiger partial charge in [0, 0.05) is 6.04 Å². The van der Waals surface area contributed by atoms with E-state index in [1.165, 1.54) is 5.56 Å². The van der Waals surface area contributed by atoms with Gasteiger partial charge in [0.2, 0.25) is 8.32 Å². The van der Waals surface area contributed by atoms with Crippen molar-refractivity contribution < 1.29 is 4.43 Å². The Morgan fingerprint density at radius 1 is 1.16 bits per heavy atom. The molecule has 0 aliphatic carbocycles. The van der Waals surface area contributed by atoms with Crippen molar-refractivity contribution in [3.05, 3.63) is 29.8 Å². The van der Waals surface area contributed by atoms with E-state index in [0.29, 0.717) is 6.04 Å². The quantitative estimate of drug-likeness (QED) is 0.786. The second-order valence-corrected chi connectivity index (χ2v) is 11.4. The number of rotatable bonds is 5. The second-order valence-electron chi connectivity index (χ2n) is 6.71. The molecule has 0 bridgehead atoms. The van der Waals surface area contributed by atoms with Gasteiger partial charge in [-0.15, -0.1) is 0 Å². The molecule has 1 aromatic carbocycles. The summed E-state index contributed by atoms with van der Waals surface area (Å²) in [7, 11) is -1.72. The molecule has 3 heteroatoms. The fourth-order valence-corrected chi connectivity index (χ4v) is 2.73. The molecule has 0 heterocycles. The first kappa shape index (κ1) is 16.3. The third-order valence-corrected chi connectivity index (χ3v) is 8.43. The summed E-state index contributed by atoms with van der Waals surface area (Å²) in [5.74, 6) is 0.999. The van der Waals surface area contributed by atoms with Crippen LogP contribution in [-0.2, 0) is 0 Å². The lowest BCUT2D eigenvalue weighted by Crippen LogP contribution is -2.43. The highest BCUT2D eigenvalue weighted by atomic mass is 28.4. The summed E-state index contributed by atoms with van der Waals surface area (Å²) >= 11 is 0. The largest absolute Gasteiger partial charge is 0.544 e. The molecule has 1 aromatic rings. The van der Waals surface area contributed by atoms with Crippen molar-refractivity contribution in [2.24, 2.45) is 0 Å². The highest BCUT2D eigenvalue weighted by Crippen LogP contribution is 2.37. The Balaban J connectivity index is 2.78. The molecular formula is C16H29NOSi. The van der Waals surface area contributed by atoms with E-state index in [2.05, 4.69) is 77.3 Å². The van der Waals surface area contributed by atoms with Gasteiger partial charge in [0.25, 0.3) is 0 Å². The van der Waals surface area contributed by atoms with Crippen LogP contribution in [0.3, 0.4) is 0 Å². The van der Waals surface area contributed by atoms with Gasteiger partial charge in [-0.3, -0.25) is 0 Å². The van der Waals surface area contributed by atoms with Crippen molar-refractivity contribution in [2.45, 2.75) is 58.8 Å². The first-order valence-electron chi connectivity index (χ1n) is 7.19. The van der Waals surface area contributed by atoms with E-state index in [1.54, 1.807) is 0 Å². The van der Waals surface area contributed by atoms with Crippen LogP contribution in [0.5, 0.6) is 5.75 Å². The molecule has 0 amide bonds. The van der Waals surface area contributed by atoms with E-state index in [0.717, 1.165) is 12.3 Å². The lowest BCUT2D eigenvalue weighted by molar-refractivity contribution is 0.491. The SMILES string of the molecule is CCN[C@@H](C)c1ccc(O[Si](C)(C)C(C)(C)C)cc1. The first-order chi connectivity index (χ1) is 8.67. The predicted octanol–water partition coefficient (Wildman–Crippen LogP) is 4.74. The summed E-state index contributed by atoms with van der Waals surface area (Å²) in [5, 5.41) is 3.66. The molecule has 0 radical (unpaired) electrons. The maximum Gasteiger partial charge on any atom is 0.250 e. The zero-order valence-corrected chi connectivity index (χ0v) is 14.5. The molecule has 19 heavy (non-hydrogen) atoms. The van der Waals surface area contributed by atoms with E-state index in [9.17, 15) is 0 Å². The van der Waals surface area contributed by atoms with Gasteiger partial charge in [-0.2, -0.15) is 0 Å². The molecule has 0 aliphatic heterocycles. The smallest absolute Gasteiger partial charge is 0.250 e. The second kappa shape index (κ2) is 6.10. The number of hydrogen-bond acceptors (Lipinski definition) is 2. The maximum atomic E-state index is 6.28. The molecule has 0 aromatic heterocycles. The van der Waals surface area contributed by atoms with Crippen molar-refractivity contribution in [3.63, 3.8) is 0 Å². The maximum absolute atomic E-state index is 6.28.